The number of aromatic nitrogens is 1. The third-order valence-electron chi connectivity index (χ3n) is 3.30. The lowest BCUT2D eigenvalue weighted by atomic mass is 10.1. The summed E-state index contributed by atoms with van der Waals surface area (Å²) in [5.74, 6) is -0.306. The fraction of sp³-hybridized carbons (Fsp3) is 0.176. The molecule has 6 heteroatoms. The van der Waals surface area contributed by atoms with E-state index in [1.165, 1.54) is 11.3 Å². The number of esters is 1. The molecule has 0 bridgehead atoms. The molecular weight excluding hydrogens is 350 g/mol. The van der Waals surface area contributed by atoms with Gasteiger partial charge in [-0.15, -0.1) is 11.3 Å². The molecule has 0 aliphatic heterocycles. The van der Waals surface area contributed by atoms with Crippen LogP contribution in [0.5, 0.6) is 0 Å². The molecule has 3 nitrogen and oxygen atoms in total. The molecule has 1 aromatic carbocycles. The lowest BCUT2D eigenvalue weighted by Gasteiger charge is -2.14. The predicted molar refractivity (Wildman–Crippen MR) is 95.1 cm³/mol. The largest absolute Gasteiger partial charge is 0.457 e. The van der Waals surface area contributed by atoms with Gasteiger partial charge in [0.2, 0.25) is 0 Å². The smallest absolute Gasteiger partial charge is 0.312 e. The van der Waals surface area contributed by atoms with Gasteiger partial charge in [-0.2, -0.15) is 11.3 Å². The van der Waals surface area contributed by atoms with Crippen molar-refractivity contribution in [1.82, 2.24) is 4.98 Å². The lowest BCUT2D eigenvalue weighted by molar-refractivity contribution is -0.147. The number of benzene rings is 1. The van der Waals surface area contributed by atoms with Gasteiger partial charge in [0.15, 0.2) is 0 Å². The van der Waals surface area contributed by atoms with Crippen molar-refractivity contribution < 1.29 is 9.53 Å². The second-order valence-electron chi connectivity index (χ2n) is 4.99. The SMILES string of the molecule is C[C@@H](OC(=O)Cc1csc(-c2ccsc2)n1)c1ccccc1Cl. The Bertz CT molecular complexity index is 799. The fourth-order valence-corrected chi connectivity index (χ4v) is 3.98. The molecule has 0 amide bonds. The Labute approximate surface area is 147 Å². The monoisotopic (exact) mass is 363 g/mol. The molecule has 1 atom stereocenters. The molecule has 0 saturated heterocycles. The van der Waals surface area contributed by atoms with Crippen LogP contribution in [-0.2, 0) is 16.0 Å². The van der Waals surface area contributed by atoms with Gasteiger partial charge < -0.3 is 4.74 Å². The van der Waals surface area contributed by atoms with Crippen LogP contribution in [0.15, 0.2) is 46.5 Å². The first-order valence-electron chi connectivity index (χ1n) is 7.04. The number of hydrogen-bond donors (Lipinski definition) is 0. The quantitative estimate of drug-likeness (QED) is 0.572. The third kappa shape index (κ3) is 3.99. The van der Waals surface area contributed by atoms with Crippen molar-refractivity contribution in [3.8, 4) is 10.6 Å². The molecule has 0 radical (unpaired) electrons. The van der Waals surface area contributed by atoms with Crippen LogP contribution in [0.2, 0.25) is 5.02 Å². The summed E-state index contributed by atoms with van der Waals surface area (Å²) < 4.78 is 5.46. The van der Waals surface area contributed by atoms with Crippen molar-refractivity contribution in [2.45, 2.75) is 19.4 Å². The van der Waals surface area contributed by atoms with Crippen molar-refractivity contribution in [3.05, 3.63) is 62.8 Å². The van der Waals surface area contributed by atoms with E-state index in [2.05, 4.69) is 4.98 Å². The first-order chi connectivity index (χ1) is 11.1. The highest BCUT2D eigenvalue weighted by atomic mass is 35.5. The molecule has 0 unspecified atom stereocenters. The van der Waals surface area contributed by atoms with Crippen molar-refractivity contribution in [2.24, 2.45) is 0 Å². The molecular formula is C17H14ClNO2S2. The highest BCUT2D eigenvalue weighted by Crippen LogP contribution is 2.27. The minimum atomic E-state index is -0.383. The minimum absolute atomic E-state index is 0.162. The average Bonchev–Trinajstić information content (AvgIpc) is 3.18. The number of thiophene rings is 1. The molecule has 0 aliphatic carbocycles. The number of carbonyl (C=O) groups excluding carboxylic acids is 1. The van der Waals surface area contributed by atoms with Crippen molar-refractivity contribution >= 4 is 40.2 Å². The van der Waals surface area contributed by atoms with E-state index >= 15 is 0 Å². The fourth-order valence-electron chi connectivity index (χ4n) is 2.16. The van der Waals surface area contributed by atoms with Gasteiger partial charge in [-0.25, -0.2) is 4.98 Å². The van der Waals surface area contributed by atoms with Crippen LogP contribution in [-0.4, -0.2) is 11.0 Å². The Hall–Kier alpha value is -1.69. The van der Waals surface area contributed by atoms with Crippen LogP contribution in [0, 0.1) is 0 Å². The second kappa shape index (κ2) is 7.25. The number of rotatable bonds is 5. The minimum Gasteiger partial charge on any atom is -0.457 e. The number of hydrogen-bond acceptors (Lipinski definition) is 5. The van der Waals surface area contributed by atoms with Gasteiger partial charge in [0.1, 0.15) is 11.1 Å². The summed E-state index contributed by atoms with van der Waals surface area (Å²) in [7, 11) is 0. The number of thiazole rings is 1. The Morgan fingerprint density at radius 1 is 1.30 bits per heavy atom. The van der Waals surface area contributed by atoms with E-state index in [0.29, 0.717) is 5.02 Å². The average molecular weight is 364 g/mol. The summed E-state index contributed by atoms with van der Waals surface area (Å²) in [6.07, 6.45) is -0.221. The molecule has 0 aliphatic rings. The van der Waals surface area contributed by atoms with Crippen LogP contribution in [0.4, 0.5) is 0 Å². The van der Waals surface area contributed by atoms with E-state index in [0.717, 1.165) is 21.8 Å². The Balaban J connectivity index is 1.62. The standard InChI is InChI=1S/C17H14ClNO2S2/c1-11(14-4-2-3-5-15(14)18)21-16(20)8-13-10-23-17(19-13)12-6-7-22-9-12/h2-7,9-11H,8H2,1H3/t11-/m1/s1. The highest BCUT2D eigenvalue weighted by Gasteiger charge is 2.16. The number of ether oxygens (including phenoxy) is 1. The summed E-state index contributed by atoms with van der Waals surface area (Å²) in [4.78, 5) is 16.6. The third-order valence-corrected chi connectivity index (χ3v) is 5.26. The molecule has 0 spiro atoms. The molecule has 0 N–H and O–H groups in total. The van der Waals surface area contributed by atoms with Gasteiger partial charge in [-0.3, -0.25) is 4.79 Å². The van der Waals surface area contributed by atoms with Crippen LogP contribution in [0.1, 0.15) is 24.3 Å². The van der Waals surface area contributed by atoms with Crippen molar-refractivity contribution in [3.63, 3.8) is 0 Å². The molecule has 0 saturated carbocycles. The molecule has 0 fully saturated rings. The maximum Gasteiger partial charge on any atom is 0.312 e. The number of carbonyl (C=O) groups is 1. The van der Waals surface area contributed by atoms with Crippen molar-refractivity contribution in [1.29, 1.82) is 0 Å². The van der Waals surface area contributed by atoms with Gasteiger partial charge >= 0.3 is 5.97 Å². The Morgan fingerprint density at radius 2 is 2.13 bits per heavy atom. The van der Waals surface area contributed by atoms with Gasteiger partial charge in [-0.05, 0) is 24.4 Å². The summed E-state index contributed by atoms with van der Waals surface area (Å²) >= 11 is 9.28. The van der Waals surface area contributed by atoms with Crippen molar-refractivity contribution in [2.75, 3.05) is 0 Å². The van der Waals surface area contributed by atoms with E-state index in [4.69, 9.17) is 16.3 Å². The Morgan fingerprint density at radius 3 is 2.87 bits per heavy atom. The van der Waals surface area contributed by atoms with Crippen LogP contribution < -0.4 is 0 Å². The maximum absolute atomic E-state index is 12.1. The normalized spacial score (nSPS) is 12.1. The van der Waals surface area contributed by atoms with Gasteiger partial charge in [0.05, 0.1) is 12.1 Å². The van der Waals surface area contributed by atoms with Gasteiger partial charge in [0.25, 0.3) is 0 Å². The zero-order chi connectivity index (χ0) is 16.2. The topological polar surface area (TPSA) is 39.2 Å². The molecule has 3 rings (SSSR count). The summed E-state index contributed by atoms with van der Waals surface area (Å²) in [5.41, 5.74) is 2.62. The van der Waals surface area contributed by atoms with E-state index in [1.807, 2.05) is 47.3 Å². The maximum atomic E-state index is 12.1. The van der Waals surface area contributed by atoms with E-state index in [-0.39, 0.29) is 18.5 Å². The molecule has 23 heavy (non-hydrogen) atoms. The highest BCUT2D eigenvalue weighted by molar-refractivity contribution is 7.14. The zero-order valence-corrected chi connectivity index (χ0v) is 14.8. The van der Waals surface area contributed by atoms with E-state index in [9.17, 15) is 4.79 Å². The number of halogens is 1. The first-order valence-corrected chi connectivity index (χ1v) is 9.24. The van der Waals surface area contributed by atoms with Crippen LogP contribution >= 0.6 is 34.3 Å². The number of nitrogens with zero attached hydrogens (tertiary/aromatic N) is 1. The van der Waals surface area contributed by atoms with E-state index < -0.39 is 0 Å². The predicted octanol–water partition coefficient (Wildman–Crippen LogP) is 5.37. The molecule has 2 aromatic heterocycles. The molecule has 3 aromatic rings. The van der Waals surface area contributed by atoms with Crippen LogP contribution in [0.3, 0.4) is 0 Å². The first kappa shape index (κ1) is 16.2. The summed E-state index contributed by atoms with van der Waals surface area (Å²) in [5, 5.41) is 7.47. The van der Waals surface area contributed by atoms with Gasteiger partial charge in [0, 0.05) is 26.9 Å². The van der Waals surface area contributed by atoms with Gasteiger partial charge in [-0.1, -0.05) is 29.8 Å². The summed E-state index contributed by atoms with van der Waals surface area (Å²) in [6.45, 7) is 1.82. The second-order valence-corrected chi connectivity index (χ2v) is 7.03. The summed E-state index contributed by atoms with van der Waals surface area (Å²) in [6, 6.07) is 9.39. The van der Waals surface area contributed by atoms with E-state index in [1.54, 1.807) is 17.4 Å². The lowest BCUT2D eigenvalue weighted by Crippen LogP contribution is -2.12. The molecule has 2 heterocycles. The molecule has 118 valence electrons. The van der Waals surface area contributed by atoms with Crippen LogP contribution in [0.25, 0.3) is 10.6 Å². The zero-order valence-electron chi connectivity index (χ0n) is 12.4. The Kier molecular flexibility index (Phi) is 5.10.